The van der Waals surface area contributed by atoms with Crippen LogP contribution < -0.4 is 4.90 Å². The quantitative estimate of drug-likeness (QED) is 0.504. The highest BCUT2D eigenvalue weighted by Crippen LogP contribution is 2.62. The van der Waals surface area contributed by atoms with Crippen LogP contribution in [-0.4, -0.2) is 11.6 Å². The van der Waals surface area contributed by atoms with Gasteiger partial charge in [-0.1, -0.05) is 71.2 Å². The number of hydrogen-bond donors (Lipinski definition) is 0. The monoisotopic (exact) mass is 351 g/mol. The summed E-state index contributed by atoms with van der Waals surface area (Å²) in [7, 11) is 0. The largest absolute Gasteiger partial charge is 0.355 e. The zero-order valence-corrected chi connectivity index (χ0v) is 17.9. The highest BCUT2D eigenvalue weighted by Gasteiger charge is 2.61. The first-order valence-electron chi connectivity index (χ1n) is 10.7. The molecule has 1 aromatic rings. The summed E-state index contributed by atoms with van der Waals surface area (Å²) in [4.78, 5) is 2.80. The second-order valence-corrected chi connectivity index (χ2v) is 10.4. The summed E-state index contributed by atoms with van der Waals surface area (Å²) >= 11 is 0. The first-order chi connectivity index (χ1) is 12.1. The number of para-hydroxylation sites is 1. The van der Waals surface area contributed by atoms with E-state index < -0.39 is 0 Å². The van der Waals surface area contributed by atoms with Crippen molar-refractivity contribution >= 4 is 5.69 Å². The summed E-state index contributed by atoms with van der Waals surface area (Å²) in [5.74, 6) is 0.799. The Bertz CT molecular complexity index is 747. The molecule has 1 aliphatic carbocycles. The van der Waals surface area contributed by atoms with Gasteiger partial charge in [-0.15, -0.1) is 0 Å². The summed E-state index contributed by atoms with van der Waals surface area (Å²) < 4.78 is 0. The van der Waals surface area contributed by atoms with Crippen molar-refractivity contribution in [2.75, 3.05) is 4.90 Å². The van der Waals surface area contributed by atoms with Crippen molar-refractivity contribution in [2.24, 2.45) is 11.3 Å². The van der Waals surface area contributed by atoms with E-state index in [0.29, 0.717) is 6.04 Å². The molecule has 0 radical (unpaired) electrons. The molecule has 0 saturated heterocycles. The second kappa shape index (κ2) is 5.63. The van der Waals surface area contributed by atoms with E-state index in [1.807, 2.05) is 0 Å². The van der Waals surface area contributed by atoms with E-state index in [4.69, 9.17) is 0 Å². The molecule has 1 aromatic carbocycles. The molecule has 26 heavy (non-hydrogen) atoms. The van der Waals surface area contributed by atoms with E-state index in [1.165, 1.54) is 48.9 Å². The van der Waals surface area contributed by atoms with Gasteiger partial charge in [0, 0.05) is 17.1 Å². The molecule has 0 bridgehead atoms. The summed E-state index contributed by atoms with van der Waals surface area (Å²) in [6.07, 6.45) is 9.76. The third-order valence-electron chi connectivity index (χ3n) is 8.87. The summed E-state index contributed by atoms with van der Waals surface area (Å²) in [5, 5.41) is 0. The summed E-state index contributed by atoms with van der Waals surface area (Å²) in [6, 6.07) is 7.46. The van der Waals surface area contributed by atoms with Crippen LogP contribution in [0.1, 0.15) is 84.8 Å². The number of anilines is 1. The molecular weight excluding hydrogens is 314 g/mol. The number of nitrogens with zero attached hydrogens (tertiary/aromatic N) is 1. The van der Waals surface area contributed by atoms with Gasteiger partial charge < -0.3 is 4.90 Å². The van der Waals surface area contributed by atoms with Crippen LogP contribution in [0.4, 0.5) is 5.69 Å². The van der Waals surface area contributed by atoms with Crippen molar-refractivity contribution in [3.63, 3.8) is 0 Å². The van der Waals surface area contributed by atoms with Crippen LogP contribution >= 0.6 is 0 Å². The molecule has 0 spiro atoms. The highest BCUT2D eigenvalue weighted by molar-refractivity contribution is 5.71. The van der Waals surface area contributed by atoms with Crippen LogP contribution in [0, 0.1) is 18.3 Å². The van der Waals surface area contributed by atoms with Crippen LogP contribution in [0.3, 0.4) is 0 Å². The van der Waals surface area contributed by atoms with Crippen molar-refractivity contribution in [1.82, 2.24) is 0 Å². The highest BCUT2D eigenvalue weighted by atomic mass is 15.3. The van der Waals surface area contributed by atoms with Gasteiger partial charge in [0.15, 0.2) is 0 Å². The molecule has 2 aliphatic heterocycles. The maximum Gasteiger partial charge on any atom is 0.0625 e. The molecule has 3 aliphatic rings. The third-order valence-corrected chi connectivity index (χ3v) is 8.87. The summed E-state index contributed by atoms with van der Waals surface area (Å²) in [5.41, 5.74) is 6.57. The lowest BCUT2D eigenvalue weighted by Crippen LogP contribution is -2.65. The fraction of sp³-hybridized carbons (Fsp3) is 0.680. The predicted molar refractivity (Wildman–Crippen MR) is 113 cm³/mol. The lowest BCUT2D eigenvalue weighted by Gasteiger charge is -2.62. The van der Waals surface area contributed by atoms with Crippen LogP contribution in [0.2, 0.25) is 0 Å². The molecule has 0 aromatic heterocycles. The van der Waals surface area contributed by atoms with Crippen molar-refractivity contribution in [2.45, 2.75) is 97.6 Å². The molecule has 1 fully saturated rings. The van der Waals surface area contributed by atoms with E-state index >= 15 is 0 Å². The average molecular weight is 352 g/mol. The minimum Gasteiger partial charge on any atom is -0.355 e. The molecular formula is C25H37N. The average Bonchev–Trinajstić information content (AvgIpc) is 2.87. The minimum atomic E-state index is 0.0712. The number of hydrogen-bond acceptors (Lipinski definition) is 1. The number of rotatable bonds is 1. The molecule has 1 unspecified atom stereocenters. The van der Waals surface area contributed by atoms with Gasteiger partial charge in [-0.25, -0.2) is 0 Å². The number of fused-ring (bicyclic) bond motifs is 3. The number of aryl methyl sites for hydroxylation is 1. The molecule has 0 N–H and O–H groups in total. The van der Waals surface area contributed by atoms with Gasteiger partial charge in [0.1, 0.15) is 0 Å². The second-order valence-electron chi connectivity index (χ2n) is 10.4. The Morgan fingerprint density at radius 3 is 2.27 bits per heavy atom. The van der Waals surface area contributed by atoms with Crippen molar-refractivity contribution in [1.29, 1.82) is 0 Å². The lowest BCUT2D eigenvalue weighted by atomic mass is 9.52. The van der Waals surface area contributed by atoms with Gasteiger partial charge in [0.05, 0.1) is 5.54 Å². The maximum atomic E-state index is 2.80. The Labute approximate surface area is 160 Å². The zero-order valence-electron chi connectivity index (χ0n) is 17.9. The Morgan fingerprint density at radius 2 is 1.62 bits per heavy atom. The first kappa shape index (κ1) is 18.1. The zero-order chi connectivity index (χ0) is 18.9. The molecule has 2 heterocycles. The van der Waals surface area contributed by atoms with Crippen molar-refractivity contribution in [3.8, 4) is 0 Å². The van der Waals surface area contributed by atoms with Gasteiger partial charge in [-0.05, 0) is 61.6 Å². The Balaban J connectivity index is 1.93. The topological polar surface area (TPSA) is 3.24 Å². The lowest BCUT2D eigenvalue weighted by molar-refractivity contribution is 0.0983. The standard InChI is InChI=1S/C25H37N/c1-17-12-11-15-21-22(17)26-18(2)20(19-13-9-8-10-14-19)16-25(26,7)24(5,6)23(21,3)4/h11-12,15-16,18-19H,8-10,13-14H2,1-7H3/t18-,25?/m0/s1. The Hall–Kier alpha value is -1.24. The van der Waals surface area contributed by atoms with Crippen LogP contribution in [0.5, 0.6) is 0 Å². The maximum absolute atomic E-state index is 2.80. The van der Waals surface area contributed by atoms with Crippen LogP contribution in [0.15, 0.2) is 29.8 Å². The third kappa shape index (κ3) is 2.09. The number of benzene rings is 1. The molecule has 4 rings (SSSR count). The Morgan fingerprint density at radius 1 is 0.962 bits per heavy atom. The SMILES string of the molecule is Cc1cccc2c1N1[C@@H](C)C(C3CCCCC3)=CC1(C)C(C)(C)C2(C)C. The van der Waals surface area contributed by atoms with E-state index in [1.54, 1.807) is 5.57 Å². The van der Waals surface area contributed by atoms with Gasteiger partial charge in [-0.3, -0.25) is 0 Å². The molecule has 0 amide bonds. The minimum absolute atomic E-state index is 0.0712. The van der Waals surface area contributed by atoms with Crippen LogP contribution in [-0.2, 0) is 5.41 Å². The van der Waals surface area contributed by atoms with E-state index in [0.717, 1.165) is 5.92 Å². The predicted octanol–water partition coefficient (Wildman–Crippen LogP) is 6.79. The van der Waals surface area contributed by atoms with Gasteiger partial charge in [-0.2, -0.15) is 0 Å². The first-order valence-corrected chi connectivity index (χ1v) is 10.7. The van der Waals surface area contributed by atoms with E-state index in [-0.39, 0.29) is 16.4 Å². The molecule has 2 atom stereocenters. The van der Waals surface area contributed by atoms with Gasteiger partial charge in [0.25, 0.3) is 0 Å². The fourth-order valence-electron chi connectivity index (χ4n) is 6.32. The van der Waals surface area contributed by atoms with E-state index in [2.05, 4.69) is 77.6 Å². The normalized spacial score (nSPS) is 32.8. The molecule has 1 heteroatoms. The van der Waals surface area contributed by atoms with Gasteiger partial charge >= 0.3 is 0 Å². The van der Waals surface area contributed by atoms with E-state index in [9.17, 15) is 0 Å². The molecule has 142 valence electrons. The smallest absolute Gasteiger partial charge is 0.0625 e. The molecule has 1 saturated carbocycles. The van der Waals surface area contributed by atoms with Crippen molar-refractivity contribution < 1.29 is 0 Å². The van der Waals surface area contributed by atoms with Crippen LogP contribution in [0.25, 0.3) is 0 Å². The van der Waals surface area contributed by atoms with Gasteiger partial charge in [0.2, 0.25) is 0 Å². The van der Waals surface area contributed by atoms with Crippen molar-refractivity contribution in [3.05, 3.63) is 41.0 Å². The summed E-state index contributed by atoms with van der Waals surface area (Å²) in [6.45, 7) is 17.2. The Kier molecular flexibility index (Phi) is 3.93. The molecule has 1 nitrogen and oxygen atoms in total. The fourth-order valence-corrected chi connectivity index (χ4v) is 6.32.